The summed E-state index contributed by atoms with van der Waals surface area (Å²) >= 11 is 1.85. The van der Waals surface area contributed by atoms with Gasteiger partial charge in [0.15, 0.2) is 0 Å². The Morgan fingerprint density at radius 1 is 1.10 bits per heavy atom. The van der Waals surface area contributed by atoms with Gasteiger partial charge in [-0.25, -0.2) is 0 Å². The highest BCUT2D eigenvalue weighted by Crippen LogP contribution is 2.29. The first-order valence-corrected chi connectivity index (χ1v) is 7.89. The Balaban J connectivity index is 1.70. The molecule has 2 aromatic carbocycles. The zero-order valence-corrected chi connectivity index (χ0v) is 12.2. The van der Waals surface area contributed by atoms with Crippen molar-refractivity contribution in [1.82, 2.24) is 0 Å². The van der Waals surface area contributed by atoms with Crippen LogP contribution >= 0.6 is 11.8 Å². The summed E-state index contributed by atoms with van der Waals surface area (Å²) in [6, 6.07) is 14.8. The molecule has 3 rings (SSSR count). The van der Waals surface area contributed by atoms with Crippen LogP contribution in [0.15, 0.2) is 47.4 Å². The molecule has 0 amide bonds. The van der Waals surface area contributed by atoms with Crippen LogP contribution < -0.4 is 5.73 Å². The Kier molecular flexibility index (Phi) is 3.79. The van der Waals surface area contributed by atoms with E-state index in [2.05, 4.69) is 24.3 Å². The second kappa shape index (κ2) is 5.71. The summed E-state index contributed by atoms with van der Waals surface area (Å²) in [7, 11) is 0. The summed E-state index contributed by atoms with van der Waals surface area (Å²) in [6.45, 7) is 0. The van der Waals surface area contributed by atoms with Crippen LogP contribution in [0, 0.1) is 5.41 Å². The molecule has 0 spiro atoms. The van der Waals surface area contributed by atoms with E-state index in [0.29, 0.717) is 0 Å². The molecule has 102 valence electrons. The number of hydrogen-bond donors (Lipinski definition) is 2. The highest BCUT2D eigenvalue weighted by molar-refractivity contribution is 7.98. The molecule has 1 aliphatic rings. The number of rotatable bonds is 4. The van der Waals surface area contributed by atoms with E-state index in [1.54, 1.807) is 0 Å². The number of hydrogen-bond acceptors (Lipinski definition) is 2. The molecule has 1 aliphatic carbocycles. The van der Waals surface area contributed by atoms with E-state index in [0.717, 1.165) is 11.3 Å². The number of nitrogens with one attached hydrogen (secondary N) is 1. The third kappa shape index (κ3) is 2.88. The van der Waals surface area contributed by atoms with Gasteiger partial charge in [-0.15, -0.1) is 11.8 Å². The van der Waals surface area contributed by atoms with Crippen LogP contribution in [0.3, 0.4) is 0 Å². The largest absolute Gasteiger partial charge is 0.384 e. The van der Waals surface area contributed by atoms with E-state index in [1.807, 2.05) is 30.0 Å². The molecule has 0 heterocycles. The first-order valence-electron chi connectivity index (χ1n) is 6.90. The first kappa shape index (κ1) is 13.3. The van der Waals surface area contributed by atoms with Crippen molar-refractivity contribution in [3.05, 3.63) is 64.7 Å². The van der Waals surface area contributed by atoms with Gasteiger partial charge < -0.3 is 5.73 Å². The van der Waals surface area contributed by atoms with Gasteiger partial charge in [0.05, 0.1) is 0 Å². The molecule has 2 nitrogen and oxygen atoms in total. The molecule has 0 unspecified atom stereocenters. The molecule has 0 aliphatic heterocycles. The molecule has 0 bridgehead atoms. The van der Waals surface area contributed by atoms with Gasteiger partial charge in [-0.05, 0) is 54.2 Å². The monoisotopic (exact) mass is 282 g/mol. The van der Waals surface area contributed by atoms with Crippen molar-refractivity contribution < 1.29 is 0 Å². The Labute approximate surface area is 123 Å². The second-order valence-corrected chi connectivity index (χ2v) is 6.24. The van der Waals surface area contributed by atoms with Gasteiger partial charge in [0.2, 0.25) is 0 Å². The summed E-state index contributed by atoms with van der Waals surface area (Å²) in [5.41, 5.74) is 10.6. The van der Waals surface area contributed by atoms with E-state index >= 15 is 0 Å². The lowest BCUT2D eigenvalue weighted by Crippen LogP contribution is -2.10. The van der Waals surface area contributed by atoms with E-state index < -0.39 is 0 Å². The Bertz CT molecular complexity index is 649. The van der Waals surface area contributed by atoms with Gasteiger partial charge in [0.25, 0.3) is 0 Å². The Morgan fingerprint density at radius 2 is 1.95 bits per heavy atom. The van der Waals surface area contributed by atoms with Gasteiger partial charge >= 0.3 is 0 Å². The Morgan fingerprint density at radius 3 is 2.80 bits per heavy atom. The quantitative estimate of drug-likeness (QED) is 0.510. The number of thioether (sulfide) groups is 1. The van der Waals surface area contributed by atoms with Crippen molar-refractivity contribution in [3.63, 3.8) is 0 Å². The molecule has 0 radical (unpaired) electrons. The van der Waals surface area contributed by atoms with E-state index in [1.165, 1.54) is 40.8 Å². The maximum absolute atomic E-state index is 7.48. The van der Waals surface area contributed by atoms with Crippen LogP contribution in [0.5, 0.6) is 0 Å². The number of benzene rings is 2. The van der Waals surface area contributed by atoms with Crippen molar-refractivity contribution in [2.45, 2.75) is 29.9 Å². The fraction of sp³-hybridized carbons (Fsp3) is 0.235. The number of amidine groups is 1. The zero-order valence-electron chi connectivity index (χ0n) is 11.4. The molecule has 0 aromatic heterocycles. The molecule has 0 saturated carbocycles. The third-order valence-corrected chi connectivity index (χ3v) is 4.78. The maximum Gasteiger partial charge on any atom is 0.122 e. The predicted octanol–water partition coefficient (Wildman–Crippen LogP) is 3.75. The van der Waals surface area contributed by atoms with Crippen LogP contribution in [0.4, 0.5) is 0 Å². The van der Waals surface area contributed by atoms with Gasteiger partial charge in [0, 0.05) is 16.2 Å². The minimum atomic E-state index is 0.134. The highest BCUT2D eigenvalue weighted by Gasteiger charge is 2.10. The lowest BCUT2D eigenvalue weighted by atomic mass is 10.1. The van der Waals surface area contributed by atoms with Crippen LogP contribution in [-0.4, -0.2) is 5.84 Å². The maximum atomic E-state index is 7.48. The average molecular weight is 282 g/mol. The number of fused-ring (bicyclic) bond motifs is 1. The lowest BCUT2D eigenvalue weighted by Gasteiger charge is -2.06. The number of nitrogen functional groups attached to an aromatic ring is 1. The summed E-state index contributed by atoms with van der Waals surface area (Å²) in [6.07, 6.45) is 3.76. The molecule has 3 heteroatoms. The zero-order chi connectivity index (χ0) is 13.9. The summed E-state index contributed by atoms with van der Waals surface area (Å²) in [5, 5.41) is 7.48. The predicted molar refractivity (Wildman–Crippen MR) is 85.5 cm³/mol. The molecule has 0 saturated heterocycles. The molecule has 0 atom stereocenters. The molecule has 0 fully saturated rings. The van der Waals surface area contributed by atoms with Gasteiger partial charge in [-0.2, -0.15) is 0 Å². The molecular weight excluding hydrogens is 264 g/mol. The van der Waals surface area contributed by atoms with E-state index in [4.69, 9.17) is 11.1 Å². The minimum Gasteiger partial charge on any atom is -0.384 e. The van der Waals surface area contributed by atoms with Gasteiger partial charge in [0.1, 0.15) is 5.84 Å². The lowest BCUT2D eigenvalue weighted by molar-refractivity contribution is 0.911. The molecule has 3 N–H and O–H groups in total. The third-order valence-electron chi connectivity index (χ3n) is 3.71. The van der Waals surface area contributed by atoms with Crippen molar-refractivity contribution in [2.24, 2.45) is 5.73 Å². The normalized spacial score (nSPS) is 13.2. The van der Waals surface area contributed by atoms with E-state index in [9.17, 15) is 0 Å². The van der Waals surface area contributed by atoms with E-state index in [-0.39, 0.29) is 5.84 Å². The molecular formula is C17H18N2S. The van der Waals surface area contributed by atoms with Gasteiger partial charge in [-0.3, -0.25) is 5.41 Å². The summed E-state index contributed by atoms with van der Waals surface area (Å²) in [4.78, 5) is 1.33. The first-order chi connectivity index (χ1) is 9.72. The standard InChI is InChI=1S/C17H18N2S/c18-17(19)15-6-1-3-12(9-15)11-20-16-8-7-13-4-2-5-14(13)10-16/h1,3,6-10H,2,4-5,11H2,(H3,18,19). The summed E-state index contributed by atoms with van der Waals surface area (Å²) < 4.78 is 0. The topological polar surface area (TPSA) is 49.9 Å². The Hall–Kier alpha value is -1.74. The van der Waals surface area contributed by atoms with Crippen LogP contribution in [-0.2, 0) is 18.6 Å². The van der Waals surface area contributed by atoms with Crippen molar-refractivity contribution in [3.8, 4) is 0 Å². The van der Waals surface area contributed by atoms with Crippen molar-refractivity contribution in [1.29, 1.82) is 5.41 Å². The molecule has 20 heavy (non-hydrogen) atoms. The SMILES string of the molecule is N=C(N)c1cccc(CSc2ccc3c(c2)CCC3)c1. The van der Waals surface area contributed by atoms with Crippen molar-refractivity contribution in [2.75, 3.05) is 0 Å². The fourth-order valence-electron chi connectivity index (χ4n) is 2.63. The van der Waals surface area contributed by atoms with Crippen molar-refractivity contribution >= 4 is 17.6 Å². The fourth-order valence-corrected chi connectivity index (χ4v) is 3.54. The number of aryl methyl sites for hydroxylation is 2. The van der Waals surface area contributed by atoms with Gasteiger partial charge in [-0.1, -0.05) is 24.3 Å². The van der Waals surface area contributed by atoms with Crippen LogP contribution in [0.25, 0.3) is 0 Å². The average Bonchev–Trinajstić information content (AvgIpc) is 2.93. The smallest absolute Gasteiger partial charge is 0.122 e. The van der Waals surface area contributed by atoms with Crippen LogP contribution in [0.1, 0.15) is 28.7 Å². The minimum absolute atomic E-state index is 0.134. The van der Waals surface area contributed by atoms with Crippen LogP contribution in [0.2, 0.25) is 0 Å². The second-order valence-electron chi connectivity index (χ2n) is 5.19. The molecule has 2 aromatic rings. The highest BCUT2D eigenvalue weighted by atomic mass is 32.2. The number of nitrogens with two attached hydrogens (primary N) is 1. The summed E-state index contributed by atoms with van der Waals surface area (Å²) in [5.74, 6) is 1.05.